The van der Waals surface area contributed by atoms with Crippen LogP contribution in [0.4, 0.5) is 5.69 Å². The molecule has 2 aromatic rings. The number of nitrogens with zero attached hydrogens (tertiary/aromatic N) is 1. The second kappa shape index (κ2) is 6.64. The van der Waals surface area contributed by atoms with E-state index in [0.717, 1.165) is 36.2 Å². The quantitative estimate of drug-likeness (QED) is 0.865. The molecule has 0 amide bonds. The van der Waals surface area contributed by atoms with Crippen molar-refractivity contribution in [2.24, 2.45) is 5.14 Å². The van der Waals surface area contributed by atoms with Crippen molar-refractivity contribution >= 4 is 27.3 Å². The second-order valence-corrected chi connectivity index (χ2v) is 8.43. The van der Waals surface area contributed by atoms with E-state index >= 15 is 0 Å². The van der Waals surface area contributed by atoms with Crippen LogP contribution in [-0.2, 0) is 23.0 Å². The molecule has 2 aromatic carbocycles. The molecule has 26 heavy (non-hydrogen) atoms. The SMILES string of the molecule is NS(=O)(=O)c1ccc2c(c1)N(Cc1cc(Cl)c3c(c1)OCCO3)CCC2. The molecule has 2 N–H and O–H groups in total. The van der Waals surface area contributed by atoms with Gasteiger partial charge in [-0.25, -0.2) is 13.6 Å². The van der Waals surface area contributed by atoms with Crippen molar-refractivity contribution in [3.8, 4) is 11.5 Å². The largest absolute Gasteiger partial charge is 0.486 e. The molecule has 0 aliphatic carbocycles. The van der Waals surface area contributed by atoms with Crippen LogP contribution in [0.25, 0.3) is 0 Å². The average Bonchev–Trinajstić information content (AvgIpc) is 2.61. The lowest BCUT2D eigenvalue weighted by molar-refractivity contribution is 0.171. The average molecular weight is 395 g/mol. The summed E-state index contributed by atoms with van der Waals surface area (Å²) in [7, 11) is -3.74. The maximum atomic E-state index is 11.7. The number of benzene rings is 2. The fourth-order valence-electron chi connectivity index (χ4n) is 3.45. The summed E-state index contributed by atoms with van der Waals surface area (Å²) in [5, 5.41) is 5.81. The molecule has 0 radical (unpaired) electrons. The molecule has 0 aromatic heterocycles. The van der Waals surface area contributed by atoms with E-state index in [0.29, 0.717) is 36.3 Å². The molecule has 138 valence electrons. The second-order valence-electron chi connectivity index (χ2n) is 6.46. The van der Waals surface area contributed by atoms with Crippen LogP contribution in [0.3, 0.4) is 0 Å². The summed E-state index contributed by atoms with van der Waals surface area (Å²) >= 11 is 6.33. The van der Waals surface area contributed by atoms with Crippen molar-refractivity contribution in [1.29, 1.82) is 0 Å². The monoisotopic (exact) mass is 394 g/mol. The molecular formula is C18H19ClN2O4S. The van der Waals surface area contributed by atoms with Crippen LogP contribution in [-0.4, -0.2) is 28.2 Å². The number of rotatable bonds is 3. The smallest absolute Gasteiger partial charge is 0.238 e. The number of anilines is 1. The molecule has 4 rings (SSSR count). The molecule has 0 saturated carbocycles. The summed E-state index contributed by atoms with van der Waals surface area (Å²) in [6.07, 6.45) is 1.92. The molecule has 0 bridgehead atoms. The zero-order chi connectivity index (χ0) is 18.3. The van der Waals surface area contributed by atoms with Gasteiger partial charge in [-0.05, 0) is 48.2 Å². The number of halogens is 1. The van der Waals surface area contributed by atoms with Crippen LogP contribution in [0, 0.1) is 0 Å². The van der Waals surface area contributed by atoms with Crippen LogP contribution in [0.5, 0.6) is 11.5 Å². The van der Waals surface area contributed by atoms with Crippen molar-refractivity contribution in [2.75, 3.05) is 24.7 Å². The molecule has 2 aliphatic rings. The van der Waals surface area contributed by atoms with Crippen LogP contribution in [0.2, 0.25) is 5.02 Å². The standard InChI is InChI=1S/C18H19ClN2O4S/c19-15-8-12(9-17-18(15)25-7-6-24-17)11-21-5-1-2-13-3-4-14(10-16(13)21)26(20,22)23/h3-4,8-10H,1-2,5-7,11H2,(H2,20,22,23). The van der Waals surface area contributed by atoms with Crippen LogP contribution in [0.15, 0.2) is 35.2 Å². The Kier molecular flexibility index (Phi) is 4.46. The molecule has 0 fully saturated rings. The van der Waals surface area contributed by atoms with E-state index in [1.807, 2.05) is 18.2 Å². The first-order valence-corrected chi connectivity index (χ1v) is 10.3. The Bertz CT molecular complexity index is 962. The van der Waals surface area contributed by atoms with Gasteiger partial charge in [0.2, 0.25) is 10.0 Å². The van der Waals surface area contributed by atoms with Gasteiger partial charge >= 0.3 is 0 Å². The minimum Gasteiger partial charge on any atom is -0.486 e. The van der Waals surface area contributed by atoms with Crippen molar-refractivity contribution < 1.29 is 17.9 Å². The van der Waals surface area contributed by atoms with Gasteiger partial charge in [0.05, 0.1) is 9.92 Å². The van der Waals surface area contributed by atoms with Gasteiger partial charge in [0, 0.05) is 18.8 Å². The summed E-state index contributed by atoms with van der Waals surface area (Å²) in [4.78, 5) is 2.28. The first kappa shape index (κ1) is 17.5. The predicted octanol–water partition coefficient (Wildman–Crippen LogP) is 2.71. The van der Waals surface area contributed by atoms with Gasteiger partial charge in [0.1, 0.15) is 13.2 Å². The number of nitrogens with two attached hydrogens (primary N) is 1. The summed E-state index contributed by atoms with van der Waals surface area (Å²) < 4.78 is 34.6. The number of hydrogen-bond acceptors (Lipinski definition) is 5. The molecule has 0 saturated heterocycles. The van der Waals surface area contributed by atoms with E-state index in [1.165, 1.54) is 0 Å². The fourth-order valence-corrected chi connectivity index (χ4v) is 4.27. The van der Waals surface area contributed by atoms with Crippen molar-refractivity contribution in [3.63, 3.8) is 0 Å². The molecular weight excluding hydrogens is 376 g/mol. The molecule has 2 heterocycles. The van der Waals surface area contributed by atoms with E-state index in [1.54, 1.807) is 12.1 Å². The first-order chi connectivity index (χ1) is 12.4. The highest BCUT2D eigenvalue weighted by Gasteiger charge is 2.22. The Hall–Kier alpha value is -1.96. The van der Waals surface area contributed by atoms with Crippen LogP contribution < -0.4 is 19.5 Å². The Morgan fingerprint density at radius 3 is 2.77 bits per heavy atom. The summed E-state index contributed by atoms with van der Waals surface area (Å²) in [5.41, 5.74) is 2.99. The van der Waals surface area contributed by atoms with Crippen molar-refractivity contribution in [2.45, 2.75) is 24.3 Å². The highest BCUT2D eigenvalue weighted by Crippen LogP contribution is 2.39. The topological polar surface area (TPSA) is 81.9 Å². The fraction of sp³-hybridized carbons (Fsp3) is 0.333. The maximum absolute atomic E-state index is 11.7. The predicted molar refractivity (Wildman–Crippen MR) is 99.6 cm³/mol. The lowest BCUT2D eigenvalue weighted by Gasteiger charge is -2.32. The van der Waals surface area contributed by atoms with Crippen LogP contribution in [0.1, 0.15) is 17.5 Å². The van der Waals surface area contributed by atoms with Crippen LogP contribution >= 0.6 is 11.6 Å². The van der Waals surface area contributed by atoms with Gasteiger partial charge in [-0.3, -0.25) is 0 Å². The number of ether oxygens (including phenoxy) is 2. The third kappa shape index (κ3) is 3.34. The third-order valence-corrected chi connectivity index (χ3v) is 5.82. The van der Waals surface area contributed by atoms with E-state index < -0.39 is 10.0 Å². The van der Waals surface area contributed by atoms with Gasteiger partial charge in [0.25, 0.3) is 0 Å². The minimum absolute atomic E-state index is 0.128. The Morgan fingerprint density at radius 1 is 1.15 bits per heavy atom. The number of hydrogen-bond donors (Lipinski definition) is 1. The van der Waals surface area contributed by atoms with E-state index in [2.05, 4.69) is 4.90 Å². The molecule has 8 heteroatoms. The normalized spacial score (nSPS) is 16.3. The summed E-state index contributed by atoms with van der Waals surface area (Å²) in [6, 6.07) is 8.87. The molecule has 6 nitrogen and oxygen atoms in total. The third-order valence-electron chi connectivity index (χ3n) is 4.63. The van der Waals surface area contributed by atoms with Gasteiger partial charge in [0.15, 0.2) is 11.5 Å². The van der Waals surface area contributed by atoms with Gasteiger partial charge < -0.3 is 14.4 Å². The minimum atomic E-state index is -3.74. The zero-order valence-corrected chi connectivity index (χ0v) is 15.6. The van der Waals surface area contributed by atoms with Crippen molar-refractivity contribution in [3.05, 3.63) is 46.5 Å². The number of aryl methyl sites for hydroxylation is 1. The molecule has 2 aliphatic heterocycles. The lowest BCUT2D eigenvalue weighted by atomic mass is 10.0. The van der Waals surface area contributed by atoms with Gasteiger partial charge in [-0.2, -0.15) is 0 Å². The number of sulfonamides is 1. The van der Waals surface area contributed by atoms with Crippen molar-refractivity contribution in [1.82, 2.24) is 0 Å². The Balaban J connectivity index is 1.67. The maximum Gasteiger partial charge on any atom is 0.238 e. The highest BCUT2D eigenvalue weighted by molar-refractivity contribution is 7.89. The van der Waals surface area contributed by atoms with E-state index in [9.17, 15) is 8.42 Å². The number of primary sulfonamides is 1. The Labute approximate surface area is 157 Å². The first-order valence-electron chi connectivity index (χ1n) is 8.40. The van der Waals surface area contributed by atoms with E-state index in [-0.39, 0.29) is 4.90 Å². The lowest BCUT2D eigenvalue weighted by Crippen LogP contribution is -2.29. The molecule has 0 atom stereocenters. The zero-order valence-electron chi connectivity index (χ0n) is 14.1. The highest BCUT2D eigenvalue weighted by atomic mass is 35.5. The Morgan fingerprint density at radius 2 is 1.96 bits per heavy atom. The van der Waals surface area contributed by atoms with Gasteiger partial charge in [-0.15, -0.1) is 0 Å². The summed E-state index contributed by atoms with van der Waals surface area (Å²) in [5.74, 6) is 1.23. The number of fused-ring (bicyclic) bond motifs is 2. The molecule has 0 spiro atoms. The summed E-state index contributed by atoms with van der Waals surface area (Å²) in [6.45, 7) is 2.41. The van der Waals surface area contributed by atoms with E-state index in [4.69, 9.17) is 26.2 Å². The molecule has 0 unspecified atom stereocenters. The van der Waals surface area contributed by atoms with Gasteiger partial charge in [-0.1, -0.05) is 17.7 Å².